The molecule has 1 heterocycles. The van der Waals surface area contributed by atoms with Crippen LogP contribution < -0.4 is 4.90 Å². The Kier molecular flexibility index (Phi) is 3.31. The second-order valence-electron chi connectivity index (χ2n) is 5.51. The number of rotatable bonds is 1. The lowest BCUT2D eigenvalue weighted by atomic mass is 9.99. The molecular formula is C18H19NO. The summed E-state index contributed by atoms with van der Waals surface area (Å²) in [5, 5.41) is 0. The number of carbonyl (C=O) groups excluding carboxylic acids is 1. The summed E-state index contributed by atoms with van der Waals surface area (Å²) in [4.78, 5) is 14.7. The van der Waals surface area contributed by atoms with Crippen LogP contribution in [0.25, 0.3) is 0 Å². The monoisotopic (exact) mass is 265 g/mol. The molecule has 0 atom stereocenters. The molecule has 3 rings (SSSR count). The molecule has 2 aromatic carbocycles. The van der Waals surface area contributed by atoms with Crippen molar-refractivity contribution >= 4 is 11.6 Å². The lowest BCUT2D eigenvalue weighted by Gasteiger charge is -2.30. The van der Waals surface area contributed by atoms with Crippen molar-refractivity contribution in [3.8, 4) is 0 Å². The number of carbonyl (C=O) groups is 1. The number of fused-ring (bicyclic) bond motifs is 1. The third-order valence-electron chi connectivity index (χ3n) is 3.97. The molecule has 2 heteroatoms. The SMILES string of the molecule is Cc1ccc(C(=O)N2CCCc3ccccc32)c(C)c1. The van der Waals surface area contributed by atoms with Crippen molar-refractivity contribution in [3.05, 3.63) is 64.7 Å². The van der Waals surface area contributed by atoms with Gasteiger partial charge in [0, 0.05) is 17.8 Å². The van der Waals surface area contributed by atoms with Gasteiger partial charge in [0.15, 0.2) is 0 Å². The predicted octanol–water partition coefficient (Wildman–Crippen LogP) is 3.90. The number of benzene rings is 2. The van der Waals surface area contributed by atoms with Gasteiger partial charge in [-0.2, -0.15) is 0 Å². The fourth-order valence-electron chi connectivity index (χ4n) is 2.94. The standard InChI is InChI=1S/C18H19NO/c1-13-9-10-16(14(2)12-13)18(20)19-11-5-7-15-6-3-4-8-17(15)19/h3-4,6,8-10,12H,5,7,11H2,1-2H3. The minimum absolute atomic E-state index is 0.120. The molecule has 0 spiro atoms. The Bertz CT molecular complexity index is 660. The fraction of sp³-hybridized carbons (Fsp3) is 0.278. The number of anilines is 1. The van der Waals surface area contributed by atoms with E-state index in [9.17, 15) is 4.79 Å². The molecule has 0 unspecified atom stereocenters. The normalized spacial score (nSPS) is 14.0. The molecule has 0 saturated carbocycles. The van der Waals surface area contributed by atoms with Crippen molar-refractivity contribution in [2.45, 2.75) is 26.7 Å². The highest BCUT2D eigenvalue weighted by Crippen LogP contribution is 2.28. The van der Waals surface area contributed by atoms with Crippen molar-refractivity contribution in [1.82, 2.24) is 0 Å². The van der Waals surface area contributed by atoms with Crippen molar-refractivity contribution < 1.29 is 4.79 Å². The number of para-hydroxylation sites is 1. The zero-order valence-electron chi connectivity index (χ0n) is 12.0. The summed E-state index contributed by atoms with van der Waals surface area (Å²) in [7, 11) is 0. The Hall–Kier alpha value is -2.09. The van der Waals surface area contributed by atoms with Gasteiger partial charge >= 0.3 is 0 Å². The first-order valence-corrected chi connectivity index (χ1v) is 7.14. The largest absolute Gasteiger partial charge is 0.308 e. The molecule has 0 aliphatic carbocycles. The number of amides is 1. The van der Waals surface area contributed by atoms with E-state index in [1.807, 2.05) is 36.1 Å². The van der Waals surface area contributed by atoms with Gasteiger partial charge in [-0.05, 0) is 49.9 Å². The van der Waals surface area contributed by atoms with Gasteiger partial charge in [0.25, 0.3) is 5.91 Å². The smallest absolute Gasteiger partial charge is 0.258 e. The van der Waals surface area contributed by atoms with Crippen molar-refractivity contribution in [3.63, 3.8) is 0 Å². The van der Waals surface area contributed by atoms with Crippen LogP contribution >= 0.6 is 0 Å². The van der Waals surface area contributed by atoms with E-state index in [-0.39, 0.29) is 5.91 Å². The van der Waals surface area contributed by atoms with E-state index in [2.05, 4.69) is 25.1 Å². The molecular weight excluding hydrogens is 246 g/mol. The topological polar surface area (TPSA) is 20.3 Å². The molecule has 2 aromatic rings. The maximum Gasteiger partial charge on any atom is 0.258 e. The zero-order valence-corrected chi connectivity index (χ0v) is 12.0. The van der Waals surface area contributed by atoms with Crippen LogP contribution in [-0.2, 0) is 6.42 Å². The average Bonchev–Trinajstić information content (AvgIpc) is 2.46. The first kappa shape index (κ1) is 12.9. The molecule has 0 N–H and O–H groups in total. The van der Waals surface area contributed by atoms with Gasteiger partial charge in [-0.15, -0.1) is 0 Å². The number of aryl methyl sites for hydroxylation is 3. The predicted molar refractivity (Wildman–Crippen MR) is 82.4 cm³/mol. The van der Waals surface area contributed by atoms with Crippen LogP contribution in [-0.4, -0.2) is 12.5 Å². The van der Waals surface area contributed by atoms with E-state index in [0.717, 1.165) is 36.2 Å². The summed E-state index contributed by atoms with van der Waals surface area (Å²) in [6.45, 7) is 4.87. The number of hydrogen-bond acceptors (Lipinski definition) is 1. The van der Waals surface area contributed by atoms with Gasteiger partial charge in [0.05, 0.1) is 0 Å². The van der Waals surface area contributed by atoms with Crippen molar-refractivity contribution in [2.75, 3.05) is 11.4 Å². The molecule has 20 heavy (non-hydrogen) atoms. The van der Waals surface area contributed by atoms with Crippen LogP contribution in [0.2, 0.25) is 0 Å². The maximum absolute atomic E-state index is 12.8. The molecule has 0 saturated heterocycles. The maximum atomic E-state index is 12.8. The Morgan fingerprint density at radius 1 is 1.10 bits per heavy atom. The molecule has 0 aromatic heterocycles. The second-order valence-corrected chi connectivity index (χ2v) is 5.51. The van der Waals surface area contributed by atoms with Crippen molar-refractivity contribution in [2.24, 2.45) is 0 Å². The van der Waals surface area contributed by atoms with E-state index in [4.69, 9.17) is 0 Å². The summed E-state index contributed by atoms with van der Waals surface area (Å²) in [5.74, 6) is 0.120. The highest BCUT2D eigenvalue weighted by Gasteiger charge is 2.23. The van der Waals surface area contributed by atoms with Gasteiger partial charge in [-0.25, -0.2) is 0 Å². The summed E-state index contributed by atoms with van der Waals surface area (Å²) in [6.07, 6.45) is 2.10. The van der Waals surface area contributed by atoms with E-state index in [1.165, 1.54) is 11.1 Å². The zero-order chi connectivity index (χ0) is 14.1. The summed E-state index contributed by atoms with van der Waals surface area (Å²) in [6, 6.07) is 14.3. The molecule has 102 valence electrons. The van der Waals surface area contributed by atoms with E-state index in [0.29, 0.717) is 0 Å². The van der Waals surface area contributed by atoms with E-state index >= 15 is 0 Å². The van der Waals surface area contributed by atoms with Crippen LogP contribution in [0.4, 0.5) is 5.69 Å². The Balaban J connectivity index is 2.00. The third-order valence-corrected chi connectivity index (χ3v) is 3.97. The van der Waals surface area contributed by atoms with Crippen LogP contribution in [0.5, 0.6) is 0 Å². The molecule has 2 nitrogen and oxygen atoms in total. The Morgan fingerprint density at radius 2 is 1.90 bits per heavy atom. The van der Waals surface area contributed by atoms with E-state index < -0.39 is 0 Å². The van der Waals surface area contributed by atoms with Crippen molar-refractivity contribution in [1.29, 1.82) is 0 Å². The fourth-order valence-corrected chi connectivity index (χ4v) is 2.94. The molecule has 1 aliphatic heterocycles. The molecule has 0 radical (unpaired) electrons. The van der Waals surface area contributed by atoms with Crippen LogP contribution in [0, 0.1) is 13.8 Å². The van der Waals surface area contributed by atoms with E-state index in [1.54, 1.807) is 0 Å². The van der Waals surface area contributed by atoms with Crippen LogP contribution in [0.15, 0.2) is 42.5 Å². The van der Waals surface area contributed by atoms with Gasteiger partial charge in [-0.1, -0.05) is 35.9 Å². The summed E-state index contributed by atoms with van der Waals surface area (Å²) in [5.41, 5.74) is 5.41. The number of nitrogens with zero attached hydrogens (tertiary/aromatic N) is 1. The first-order chi connectivity index (χ1) is 9.66. The highest BCUT2D eigenvalue weighted by atomic mass is 16.2. The minimum Gasteiger partial charge on any atom is -0.308 e. The Morgan fingerprint density at radius 3 is 2.70 bits per heavy atom. The van der Waals surface area contributed by atoms with Gasteiger partial charge in [0.2, 0.25) is 0 Å². The average molecular weight is 265 g/mol. The second kappa shape index (κ2) is 5.12. The van der Waals surface area contributed by atoms with Crippen LogP contribution in [0.1, 0.15) is 33.5 Å². The highest BCUT2D eigenvalue weighted by molar-refractivity contribution is 6.07. The molecule has 1 amide bonds. The summed E-state index contributed by atoms with van der Waals surface area (Å²) < 4.78 is 0. The summed E-state index contributed by atoms with van der Waals surface area (Å²) >= 11 is 0. The molecule has 0 fully saturated rings. The van der Waals surface area contributed by atoms with Gasteiger partial charge in [0.1, 0.15) is 0 Å². The lowest BCUT2D eigenvalue weighted by Crippen LogP contribution is -2.35. The third kappa shape index (κ3) is 2.22. The van der Waals surface area contributed by atoms with Gasteiger partial charge < -0.3 is 4.90 Å². The molecule has 1 aliphatic rings. The number of hydrogen-bond donors (Lipinski definition) is 0. The lowest BCUT2D eigenvalue weighted by molar-refractivity contribution is 0.0984. The first-order valence-electron chi connectivity index (χ1n) is 7.14. The Labute approximate surface area is 120 Å². The quantitative estimate of drug-likeness (QED) is 0.766. The van der Waals surface area contributed by atoms with Gasteiger partial charge in [-0.3, -0.25) is 4.79 Å². The molecule has 0 bridgehead atoms. The minimum atomic E-state index is 0.120. The van der Waals surface area contributed by atoms with Crippen LogP contribution in [0.3, 0.4) is 0 Å².